The van der Waals surface area contributed by atoms with E-state index in [0.29, 0.717) is 6.04 Å². The summed E-state index contributed by atoms with van der Waals surface area (Å²) < 4.78 is 0. The van der Waals surface area contributed by atoms with Gasteiger partial charge in [0.05, 0.1) is 6.54 Å². The van der Waals surface area contributed by atoms with Crippen molar-refractivity contribution in [2.45, 2.75) is 38.6 Å². The number of urea groups is 1. The summed E-state index contributed by atoms with van der Waals surface area (Å²) >= 11 is 0. The molecule has 15 heavy (non-hydrogen) atoms. The van der Waals surface area contributed by atoms with E-state index < -0.39 is 6.03 Å². The molecule has 1 rings (SSSR count). The SMILES string of the molecule is CCC(CC1CC1)NCC(=O)NC(N)=O. The van der Waals surface area contributed by atoms with E-state index in [1.54, 1.807) is 0 Å². The van der Waals surface area contributed by atoms with Gasteiger partial charge in [0.2, 0.25) is 5.91 Å². The number of amides is 3. The van der Waals surface area contributed by atoms with E-state index in [-0.39, 0.29) is 12.5 Å². The van der Waals surface area contributed by atoms with Crippen LogP contribution in [0.1, 0.15) is 32.6 Å². The standard InChI is InChI=1S/C10H19N3O2/c1-2-8(5-7-3-4-7)12-6-9(14)13-10(11)15/h7-8,12H,2-6H2,1H3,(H3,11,13,14,15). The normalized spacial score (nSPS) is 17.1. The highest BCUT2D eigenvalue weighted by Crippen LogP contribution is 2.33. The molecule has 5 heteroatoms. The molecule has 1 atom stereocenters. The Bertz CT molecular complexity index is 239. The van der Waals surface area contributed by atoms with Gasteiger partial charge in [-0.1, -0.05) is 19.8 Å². The van der Waals surface area contributed by atoms with Gasteiger partial charge in [0.25, 0.3) is 0 Å². The first-order chi connectivity index (χ1) is 7.11. The van der Waals surface area contributed by atoms with Crippen molar-refractivity contribution in [1.29, 1.82) is 0 Å². The van der Waals surface area contributed by atoms with Crippen LogP contribution in [-0.2, 0) is 4.79 Å². The van der Waals surface area contributed by atoms with Crippen molar-refractivity contribution in [3.8, 4) is 0 Å². The van der Waals surface area contributed by atoms with Crippen LogP contribution >= 0.6 is 0 Å². The van der Waals surface area contributed by atoms with Gasteiger partial charge in [0.15, 0.2) is 0 Å². The predicted octanol–water partition coefficient (Wildman–Crippen LogP) is 0.350. The molecule has 0 aromatic rings. The lowest BCUT2D eigenvalue weighted by Crippen LogP contribution is -2.43. The maximum absolute atomic E-state index is 11.1. The van der Waals surface area contributed by atoms with E-state index in [2.05, 4.69) is 12.2 Å². The number of hydrogen-bond acceptors (Lipinski definition) is 3. The maximum Gasteiger partial charge on any atom is 0.318 e. The van der Waals surface area contributed by atoms with Crippen molar-refractivity contribution in [2.75, 3.05) is 6.54 Å². The summed E-state index contributed by atoms with van der Waals surface area (Å²) in [5, 5.41) is 5.15. The van der Waals surface area contributed by atoms with Crippen molar-refractivity contribution < 1.29 is 9.59 Å². The second kappa shape index (κ2) is 5.70. The quantitative estimate of drug-likeness (QED) is 0.595. The van der Waals surface area contributed by atoms with Gasteiger partial charge in [-0.15, -0.1) is 0 Å². The average Bonchev–Trinajstić information content (AvgIpc) is 2.94. The third kappa shape index (κ3) is 5.37. The van der Waals surface area contributed by atoms with E-state index >= 15 is 0 Å². The summed E-state index contributed by atoms with van der Waals surface area (Å²) in [5.41, 5.74) is 4.82. The van der Waals surface area contributed by atoms with Crippen molar-refractivity contribution in [3.63, 3.8) is 0 Å². The van der Waals surface area contributed by atoms with E-state index in [1.807, 2.05) is 5.32 Å². The number of nitrogens with one attached hydrogen (secondary N) is 2. The Labute approximate surface area is 89.8 Å². The Morgan fingerprint density at radius 1 is 1.47 bits per heavy atom. The second-order valence-electron chi connectivity index (χ2n) is 4.08. The van der Waals surface area contributed by atoms with Gasteiger partial charge in [0.1, 0.15) is 0 Å². The largest absolute Gasteiger partial charge is 0.351 e. The number of nitrogens with two attached hydrogens (primary N) is 1. The lowest BCUT2D eigenvalue weighted by Gasteiger charge is -2.15. The van der Waals surface area contributed by atoms with Crippen LogP contribution in [0.5, 0.6) is 0 Å². The lowest BCUT2D eigenvalue weighted by atomic mass is 10.1. The van der Waals surface area contributed by atoms with Gasteiger partial charge < -0.3 is 11.1 Å². The van der Waals surface area contributed by atoms with Crippen LogP contribution in [0, 0.1) is 5.92 Å². The van der Waals surface area contributed by atoms with Crippen molar-refractivity contribution in [2.24, 2.45) is 11.7 Å². The monoisotopic (exact) mass is 213 g/mol. The molecular formula is C10H19N3O2. The van der Waals surface area contributed by atoms with Crippen molar-refractivity contribution in [1.82, 2.24) is 10.6 Å². The van der Waals surface area contributed by atoms with E-state index in [4.69, 9.17) is 5.73 Å². The Hall–Kier alpha value is -1.10. The zero-order valence-corrected chi connectivity index (χ0v) is 9.08. The number of rotatable bonds is 6. The summed E-state index contributed by atoms with van der Waals surface area (Å²) in [6, 6.07) is -0.423. The molecule has 4 N–H and O–H groups in total. The number of primary amides is 1. The fourth-order valence-corrected chi connectivity index (χ4v) is 1.57. The van der Waals surface area contributed by atoms with Crippen LogP contribution < -0.4 is 16.4 Å². The molecule has 0 aromatic heterocycles. The highest BCUT2D eigenvalue weighted by Gasteiger charge is 2.24. The Kier molecular flexibility index (Phi) is 4.55. The predicted molar refractivity (Wildman–Crippen MR) is 57.1 cm³/mol. The summed E-state index contributed by atoms with van der Waals surface area (Å²) in [5.74, 6) is 0.471. The average molecular weight is 213 g/mol. The summed E-state index contributed by atoms with van der Waals surface area (Å²) in [4.78, 5) is 21.5. The highest BCUT2D eigenvalue weighted by atomic mass is 16.2. The molecule has 0 saturated heterocycles. The Morgan fingerprint density at radius 3 is 2.60 bits per heavy atom. The molecule has 5 nitrogen and oxygen atoms in total. The van der Waals surface area contributed by atoms with E-state index in [1.165, 1.54) is 12.8 Å². The lowest BCUT2D eigenvalue weighted by molar-refractivity contribution is -0.119. The molecule has 0 radical (unpaired) electrons. The fourth-order valence-electron chi connectivity index (χ4n) is 1.57. The maximum atomic E-state index is 11.1. The molecule has 1 fully saturated rings. The smallest absolute Gasteiger partial charge is 0.318 e. The van der Waals surface area contributed by atoms with Crippen molar-refractivity contribution >= 4 is 11.9 Å². The van der Waals surface area contributed by atoms with E-state index in [0.717, 1.165) is 18.8 Å². The molecule has 1 unspecified atom stereocenters. The minimum absolute atomic E-state index is 0.161. The van der Waals surface area contributed by atoms with Gasteiger partial charge >= 0.3 is 6.03 Å². The molecule has 3 amide bonds. The van der Waals surface area contributed by atoms with Crippen LogP contribution in [0.15, 0.2) is 0 Å². The van der Waals surface area contributed by atoms with Gasteiger partial charge in [-0.3, -0.25) is 10.1 Å². The first kappa shape index (κ1) is 12.0. The molecular weight excluding hydrogens is 194 g/mol. The molecule has 86 valence electrons. The van der Waals surface area contributed by atoms with Crippen LogP contribution in [0.4, 0.5) is 4.79 Å². The first-order valence-corrected chi connectivity index (χ1v) is 5.44. The summed E-state index contributed by atoms with van der Waals surface area (Å²) in [7, 11) is 0. The summed E-state index contributed by atoms with van der Waals surface area (Å²) in [6.45, 7) is 2.25. The molecule has 0 spiro atoms. The third-order valence-corrected chi connectivity index (χ3v) is 2.62. The number of hydrogen-bond donors (Lipinski definition) is 3. The van der Waals surface area contributed by atoms with Gasteiger partial charge in [-0.25, -0.2) is 4.79 Å². The van der Waals surface area contributed by atoms with Crippen molar-refractivity contribution in [3.05, 3.63) is 0 Å². The molecule has 1 aliphatic carbocycles. The molecule has 0 aromatic carbocycles. The molecule has 1 aliphatic rings. The van der Waals surface area contributed by atoms with Gasteiger partial charge in [-0.2, -0.15) is 0 Å². The second-order valence-corrected chi connectivity index (χ2v) is 4.08. The zero-order chi connectivity index (χ0) is 11.3. The fraction of sp³-hybridized carbons (Fsp3) is 0.800. The molecule has 0 bridgehead atoms. The summed E-state index contributed by atoms with van der Waals surface area (Å²) in [6.07, 6.45) is 4.75. The zero-order valence-electron chi connectivity index (χ0n) is 9.08. The minimum Gasteiger partial charge on any atom is -0.351 e. The topological polar surface area (TPSA) is 84.2 Å². The van der Waals surface area contributed by atoms with Crippen LogP contribution in [0.25, 0.3) is 0 Å². The number of carbonyl (C=O) groups excluding carboxylic acids is 2. The Balaban J connectivity index is 2.14. The van der Waals surface area contributed by atoms with Crippen LogP contribution in [0.3, 0.4) is 0 Å². The minimum atomic E-state index is -0.794. The van der Waals surface area contributed by atoms with Gasteiger partial charge in [-0.05, 0) is 18.8 Å². The molecule has 1 saturated carbocycles. The van der Waals surface area contributed by atoms with Gasteiger partial charge in [0, 0.05) is 6.04 Å². The molecule has 0 aliphatic heterocycles. The first-order valence-electron chi connectivity index (χ1n) is 5.44. The van der Waals surface area contributed by atoms with Crippen LogP contribution in [-0.4, -0.2) is 24.5 Å². The van der Waals surface area contributed by atoms with Crippen LogP contribution in [0.2, 0.25) is 0 Å². The molecule has 0 heterocycles. The number of imide groups is 1. The Morgan fingerprint density at radius 2 is 2.13 bits per heavy atom. The highest BCUT2D eigenvalue weighted by molar-refractivity contribution is 5.94. The third-order valence-electron chi connectivity index (χ3n) is 2.62. The number of carbonyl (C=O) groups is 2. The van der Waals surface area contributed by atoms with E-state index in [9.17, 15) is 9.59 Å².